The van der Waals surface area contributed by atoms with Gasteiger partial charge in [-0.15, -0.1) is 21.5 Å². The van der Waals surface area contributed by atoms with E-state index in [-0.39, 0.29) is 5.16 Å². The molecule has 9 heteroatoms. The quantitative estimate of drug-likeness (QED) is 0.810. The molecule has 2 aromatic heterocycles. The van der Waals surface area contributed by atoms with Crippen molar-refractivity contribution in [2.75, 3.05) is 0 Å². The van der Waals surface area contributed by atoms with Gasteiger partial charge in [-0.1, -0.05) is 0 Å². The smallest absolute Gasteiger partial charge is 0.273 e. The van der Waals surface area contributed by atoms with Crippen molar-refractivity contribution in [1.82, 2.24) is 19.7 Å². The van der Waals surface area contributed by atoms with Gasteiger partial charge in [0.05, 0.1) is 16.1 Å². The van der Waals surface area contributed by atoms with E-state index in [1.807, 2.05) is 6.92 Å². The summed E-state index contributed by atoms with van der Waals surface area (Å²) >= 11 is 1.37. The van der Waals surface area contributed by atoms with E-state index < -0.39 is 10.0 Å². The van der Waals surface area contributed by atoms with Gasteiger partial charge in [-0.05, 0) is 6.92 Å². The fraction of sp³-hybridized carbons (Fsp3) is 0.286. The van der Waals surface area contributed by atoms with Crippen molar-refractivity contribution in [3.05, 3.63) is 11.2 Å². The summed E-state index contributed by atoms with van der Waals surface area (Å²) in [4.78, 5) is 4.84. The van der Waals surface area contributed by atoms with E-state index in [2.05, 4.69) is 15.2 Å². The minimum absolute atomic E-state index is 0.254. The zero-order valence-corrected chi connectivity index (χ0v) is 10.2. The van der Waals surface area contributed by atoms with Crippen molar-refractivity contribution in [3.8, 4) is 10.7 Å². The summed E-state index contributed by atoms with van der Waals surface area (Å²) in [5, 5.41) is 12.1. The summed E-state index contributed by atoms with van der Waals surface area (Å²) in [5.41, 5.74) is 2.44. The molecule has 0 aliphatic carbocycles. The molecule has 0 aliphatic rings. The SMILES string of the molecule is Cc1ncsc1-c1nnc(S(N)(=O)=O)n1C. The lowest BCUT2D eigenvalue weighted by Gasteiger charge is -2.00. The van der Waals surface area contributed by atoms with E-state index in [4.69, 9.17) is 5.14 Å². The van der Waals surface area contributed by atoms with Crippen LogP contribution < -0.4 is 5.14 Å². The van der Waals surface area contributed by atoms with Crippen molar-refractivity contribution in [2.24, 2.45) is 12.2 Å². The zero-order valence-electron chi connectivity index (χ0n) is 8.58. The van der Waals surface area contributed by atoms with Gasteiger partial charge in [0.1, 0.15) is 0 Å². The average Bonchev–Trinajstić information content (AvgIpc) is 2.70. The number of aryl methyl sites for hydroxylation is 1. The van der Waals surface area contributed by atoms with Gasteiger partial charge >= 0.3 is 0 Å². The highest BCUT2D eigenvalue weighted by Crippen LogP contribution is 2.25. The topological polar surface area (TPSA) is 104 Å². The summed E-state index contributed by atoms with van der Waals surface area (Å²) in [6.45, 7) is 1.82. The van der Waals surface area contributed by atoms with Crippen molar-refractivity contribution < 1.29 is 8.42 Å². The molecule has 2 rings (SSSR count). The molecule has 2 aromatic rings. The van der Waals surface area contributed by atoms with Crippen molar-refractivity contribution in [3.63, 3.8) is 0 Å². The minimum Gasteiger partial charge on any atom is -0.299 e. The average molecular weight is 259 g/mol. The first-order valence-corrected chi connectivity index (χ1v) is 6.66. The summed E-state index contributed by atoms with van der Waals surface area (Å²) in [6, 6.07) is 0. The first kappa shape index (κ1) is 11.2. The molecule has 0 amide bonds. The minimum atomic E-state index is -3.84. The molecule has 0 aromatic carbocycles. The molecule has 2 heterocycles. The number of thiazole rings is 1. The van der Waals surface area contributed by atoms with Crippen molar-refractivity contribution in [1.29, 1.82) is 0 Å². The van der Waals surface area contributed by atoms with Gasteiger partial charge in [0.25, 0.3) is 15.2 Å². The second-order valence-electron chi connectivity index (χ2n) is 3.18. The Morgan fingerprint density at radius 1 is 1.44 bits per heavy atom. The van der Waals surface area contributed by atoms with Gasteiger partial charge in [0, 0.05) is 7.05 Å². The van der Waals surface area contributed by atoms with E-state index in [9.17, 15) is 8.42 Å². The monoisotopic (exact) mass is 259 g/mol. The maximum absolute atomic E-state index is 11.2. The van der Waals surface area contributed by atoms with Crippen molar-refractivity contribution >= 4 is 21.4 Å². The van der Waals surface area contributed by atoms with E-state index in [1.54, 1.807) is 12.6 Å². The Labute approximate surface area is 96.0 Å². The summed E-state index contributed by atoms with van der Waals surface area (Å²) < 4.78 is 23.7. The van der Waals surface area contributed by atoms with E-state index >= 15 is 0 Å². The molecule has 0 bridgehead atoms. The molecule has 0 fully saturated rings. The number of nitrogens with two attached hydrogens (primary N) is 1. The molecule has 86 valence electrons. The Hall–Kier alpha value is -1.32. The van der Waals surface area contributed by atoms with Gasteiger partial charge < -0.3 is 0 Å². The Morgan fingerprint density at radius 3 is 2.56 bits per heavy atom. The van der Waals surface area contributed by atoms with Crippen LogP contribution in [0.2, 0.25) is 0 Å². The number of rotatable bonds is 2. The fourth-order valence-electron chi connectivity index (χ4n) is 1.28. The maximum Gasteiger partial charge on any atom is 0.273 e. The van der Waals surface area contributed by atoms with Crippen LogP contribution in [-0.4, -0.2) is 28.2 Å². The largest absolute Gasteiger partial charge is 0.299 e. The Balaban J connectivity index is 2.63. The van der Waals surface area contributed by atoms with E-state index in [0.717, 1.165) is 10.6 Å². The van der Waals surface area contributed by atoms with Gasteiger partial charge in [0.15, 0.2) is 5.82 Å². The second kappa shape index (κ2) is 3.61. The molecule has 0 aliphatic heterocycles. The molecule has 0 atom stereocenters. The highest BCUT2D eigenvalue weighted by molar-refractivity contribution is 7.89. The molecule has 16 heavy (non-hydrogen) atoms. The first-order chi connectivity index (χ1) is 7.41. The van der Waals surface area contributed by atoms with Gasteiger partial charge in [-0.2, -0.15) is 0 Å². The van der Waals surface area contributed by atoms with Crippen LogP contribution in [0, 0.1) is 6.92 Å². The van der Waals surface area contributed by atoms with Crippen molar-refractivity contribution in [2.45, 2.75) is 12.1 Å². The molecule has 0 radical (unpaired) electrons. The first-order valence-electron chi connectivity index (χ1n) is 4.24. The van der Waals surface area contributed by atoms with Crippen LogP contribution in [0.3, 0.4) is 0 Å². The highest BCUT2D eigenvalue weighted by atomic mass is 32.2. The fourth-order valence-corrected chi connectivity index (χ4v) is 2.72. The van der Waals surface area contributed by atoms with Gasteiger partial charge in [-0.25, -0.2) is 18.5 Å². The standard InChI is InChI=1S/C7H9N5O2S2/c1-4-5(15-3-9-4)6-10-11-7(12(6)2)16(8,13)14/h3H,1-2H3,(H2,8,13,14). The van der Waals surface area contributed by atoms with Crippen LogP contribution in [0.1, 0.15) is 5.69 Å². The number of hydrogen-bond acceptors (Lipinski definition) is 6. The lowest BCUT2D eigenvalue weighted by Crippen LogP contribution is -2.17. The predicted molar refractivity (Wildman–Crippen MR) is 58.2 cm³/mol. The maximum atomic E-state index is 11.2. The third-order valence-electron chi connectivity index (χ3n) is 2.04. The molecule has 0 saturated carbocycles. The van der Waals surface area contributed by atoms with E-state index in [1.165, 1.54) is 15.9 Å². The predicted octanol–water partition coefficient (Wildman–Crippen LogP) is -0.106. The Morgan fingerprint density at radius 2 is 2.12 bits per heavy atom. The second-order valence-corrected chi connectivity index (χ2v) is 5.49. The highest BCUT2D eigenvalue weighted by Gasteiger charge is 2.21. The normalized spacial score (nSPS) is 11.9. The molecular weight excluding hydrogens is 250 g/mol. The molecular formula is C7H9N5O2S2. The molecule has 7 nitrogen and oxygen atoms in total. The number of sulfonamides is 1. The van der Waals surface area contributed by atoms with Crippen LogP contribution in [-0.2, 0) is 17.1 Å². The molecule has 2 N–H and O–H groups in total. The number of hydrogen-bond donors (Lipinski definition) is 1. The summed E-state index contributed by atoms with van der Waals surface area (Å²) in [5.74, 6) is 0.448. The third-order valence-corrected chi connectivity index (χ3v) is 3.83. The van der Waals surface area contributed by atoms with Crippen LogP contribution in [0.25, 0.3) is 10.7 Å². The van der Waals surface area contributed by atoms with Crippen LogP contribution in [0.4, 0.5) is 0 Å². The van der Waals surface area contributed by atoms with Crippen LogP contribution in [0.5, 0.6) is 0 Å². The number of nitrogens with zero attached hydrogens (tertiary/aromatic N) is 4. The lowest BCUT2D eigenvalue weighted by atomic mass is 10.4. The van der Waals surface area contributed by atoms with E-state index in [0.29, 0.717) is 5.82 Å². The summed E-state index contributed by atoms with van der Waals surface area (Å²) in [7, 11) is -2.29. The lowest BCUT2D eigenvalue weighted by molar-refractivity contribution is 0.580. The van der Waals surface area contributed by atoms with Gasteiger partial charge in [0.2, 0.25) is 0 Å². The zero-order chi connectivity index (χ0) is 11.9. The van der Waals surface area contributed by atoms with Crippen LogP contribution in [0.15, 0.2) is 10.7 Å². The summed E-state index contributed by atoms with van der Waals surface area (Å²) in [6.07, 6.45) is 0. The molecule has 0 saturated heterocycles. The third kappa shape index (κ3) is 1.72. The van der Waals surface area contributed by atoms with Crippen LogP contribution >= 0.6 is 11.3 Å². The Bertz CT molecular complexity index is 627. The number of aromatic nitrogens is 4. The molecule has 0 unspecified atom stereocenters. The Kier molecular flexibility index (Phi) is 2.52. The van der Waals surface area contributed by atoms with Gasteiger partial charge in [-0.3, -0.25) is 4.57 Å². The molecule has 0 spiro atoms. The number of primary sulfonamides is 1.